The summed E-state index contributed by atoms with van der Waals surface area (Å²) in [6, 6.07) is 9.01. The lowest BCUT2D eigenvalue weighted by Crippen LogP contribution is -3.00. The smallest absolute Gasteiger partial charge is 0.244 e. The summed E-state index contributed by atoms with van der Waals surface area (Å²) < 4.78 is 3.73. The normalized spacial score (nSPS) is 13.3. The van der Waals surface area contributed by atoms with E-state index in [4.69, 9.17) is 0 Å². The number of Topliss-reactive ketones (excluding diaryl/α,β-unsaturated/α-hetero) is 1. The highest BCUT2D eigenvalue weighted by molar-refractivity contribution is 5.82. The number of carbonyl (C=O) groups excluding carboxylic acids is 1. The number of halogens is 1. The van der Waals surface area contributed by atoms with Gasteiger partial charge in [0.15, 0.2) is 11.8 Å². The van der Waals surface area contributed by atoms with Gasteiger partial charge in [0.25, 0.3) is 0 Å². The van der Waals surface area contributed by atoms with Crippen LogP contribution in [0, 0.1) is 0 Å². The summed E-state index contributed by atoms with van der Waals surface area (Å²) in [7, 11) is 1.91. The van der Waals surface area contributed by atoms with Gasteiger partial charge >= 0.3 is 0 Å². The standard InChI is InChI=1S/C15H19N2O2.BrH/c1-12(17-9-8-16(2)11-17)14(18)10-15(19)13-6-4-3-5-7-13;/h3-9,11-12,15,19H,10H2,1-2H3;1H/q+1;/p-1/t12?,15-;/m0./s1. The van der Waals surface area contributed by atoms with Crippen molar-refractivity contribution in [3.8, 4) is 0 Å². The van der Waals surface area contributed by atoms with E-state index in [1.54, 1.807) is 0 Å². The SMILES string of the molecule is CC(C(=O)C[C@H](O)c1ccccc1)n1cc[n+](C)c1.[Br-]. The van der Waals surface area contributed by atoms with E-state index < -0.39 is 6.10 Å². The van der Waals surface area contributed by atoms with Gasteiger partial charge in [0, 0.05) is 6.42 Å². The summed E-state index contributed by atoms with van der Waals surface area (Å²) in [5.74, 6) is 0.0209. The van der Waals surface area contributed by atoms with Crippen molar-refractivity contribution < 1.29 is 31.4 Å². The minimum Gasteiger partial charge on any atom is -1.00 e. The topological polar surface area (TPSA) is 46.1 Å². The molecule has 1 unspecified atom stereocenters. The second kappa shape index (κ2) is 7.36. The molecule has 2 aromatic rings. The molecule has 4 nitrogen and oxygen atoms in total. The van der Waals surface area contributed by atoms with Crippen molar-refractivity contribution >= 4 is 5.78 Å². The molecule has 5 heteroatoms. The van der Waals surface area contributed by atoms with Gasteiger partial charge in [-0.2, -0.15) is 0 Å². The summed E-state index contributed by atoms with van der Waals surface area (Å²) in [4.78, 5) is 12.1. The third-order valence-corrected chi connectivity index (χ3v) is 3.28. The maximum atomic E-state index is 12.1. The van der Waals surface area contributed by atoms with E-state index in [0.29, 0.717) is 0 Å². The van der Waals surface area contributed by atoms with Crippen LogP contribution in [0.5, 0.6) is 0 Å². The minimum absolute atomic E-state index is 0. The van der Waals surface area contributed by atoms with Crippen LogP contribution in [0.4, 0.5) is 0 Å². The number of hydrogen-bond donors (Lipinski definition) is 1. The molecule has 0 bridgehead atoms. The van der Waals surface area contributed by atoms with Gasteiger partial charge in [-0.1, -0.05) is 30.3 Å². The summed E-state index contributed by atoms with van der Waals surface area (Å²) >= 11 is 0. The van der Waals surface area contributed by atoms with Crippen molar-refractivity contribution in [1.82, 2.24) is 4.57 Å². The van der Waals surface area contributed by atoms with Gasteiger partial charge in [-0.25, -0.2) is 9.13 Å². The lowest BCUT2D eigenvalue weighted by atomic mass is 10.0. The first-order valence-corrected chi connectivity index (χ1v) is 6.36. The highest BCUT2D eigenvalue weighted by Crippen LogP contribution is 2.19. The fourth-order valence-electron chi connectivity index (χ4n) is 2.02. The molecule has 0 radical (unpaired) electrons. The number of nitrogens with zero attached hydrogens (tertiary/aromatic N) is 2. The molecule has 1 aromatic heterocycles. The molecule has 0 aliphatic rings. The number of aliphatic hydroxyl groups is 1. The largest absolute Gasteiger partial charge is 1.00 e. The van der Waals surface area contributed by atoms with Crippen molar-refractivity contribution in [2.75, 3.05) is 0 Å². The highest BCUT2D eigenvalue weighted by atomic mass is 79.9. The fraction of sp³-hybridized carbons (Fsp3) is 0.333. The fourth-order valence-corrected chi connectivity index (χ4v) is 2.02. The number of benzene rings is 1. The lowest BCUT2D eigenvalue weighted by Gasteiger charge is -2.12. The Morgan fingerprint density at radius 2 is 2.00 bits per heavy atom. The van der Waals surface area contributed by atoms with E-state index in [1.807, 2.05) is 72.2 Å². The summed E-state index contributed by atoms with van der Waals surface area (Å²) in [6.45, 7) is 1.85. The number of hydrogen-bond acceptors (Lipinski definition) is 2. The number of aromatic nitrogens is 2. The first kappa shape index (κ1) is 16.6. The number of carbonyl (C=O) groups is 1. The quantitative estimate of drug-likeness (QED) is 0.679. The van der Waals surface area contributed by atoms with E-state index >= 15 is 0 Å². The minimum atomic E-state index is -0.736. The zero-order chi connectivity index (χ0) is 13.8. The Balaban J connectivity index is 0.00000200. The van der Waals surface area contributed by atoms with Crippen molar-refractivity contribution in [2.45, 2.75) is 25.5 Å². The van der Waals surface area contributed by atoms with Crippen LogP contribution >= 0.6 is 0 Å². The first-order chi connectivity index (χ1) is 9.08. The molecule has 108 valence electrons. The maximum Gasteiger partial charge on any atom is 0.244 e. The molecule has 0 saturated carbocycles. The van der Waals surface area contributed by atoms with E-state index in [0.717, 1.165) is 5.56 Å². The monoisotopic (exact) mass is 338 g/mol. The van der Waals surface area contributed by atoms with Gasteiger partial charge in [-0.05, 0) is 12.5 Å². The van der Waals surface area contributed by atoms with E-state index in [9.17, 15) is 9.90 Å². The molecule has 0 spiro atoms. The third-order valence-electron chi connectivity index (χ3n) is 3.28. The zero-order valence-electron chi connectivity index (χ0n) is 11.6. The van der Waals surface area contributed by atoms with E-state index in [-0.39, 0.29) is 35.2 Å². The van der Waals surface area contributed by atoms with Crippen LogP contribution in [-0.2, 0) is 11.8 Å². The zero-order valence-corrected chi connectivity index (χ0v) is 13.2. The van der Waals surface area contributed by atoms with Crippen molar-refractivity contribution in [3.63, 3.8) is 0 Å². The Hall–Kier alpha value is -1.46. The predicted octanol–water partition coefficient (Wildman–Crippen LogP) is -1.43. The molecule has 20 heavy (non-hydrogen) atoms. The molecule has 1 heterocycles. The van der Waals surface area contributed by atoms with Crippen LogP contribution in [0.3, 0.4) is 0 Å². The molecule has 0 fully saturated rings. The molecule has 0 aliphatic heterocycles. The Kier molecular flexibility index (Phi) is 6.10. The maximum absolute atomic E-state index is 12.1. The van der Waals surface area contributed by atoms with Crippen LogP contribution in [0.2, 0.25) is 0 Å². The van der Waals surface area contributed by atoms with Gasteiger partial charge in [0.1, 0.15) is 12.4 Å². The van der Waals surface area contributed by atoms with Crippen molar-refractivity contribution in [3.05, 3.63) is 54.6 Å². The Morgan fingerprint density at radius 3 is 2.55 bits per heavy atom. The van der Waals surface area contributed by atoms with Crippen LogP contribution in [-0.4, -0.2) is 15.5 Å². The van der Waals surface area contributed by atoms with Gasteiger partial charge in [0.2, 0.25) is 6.33 Å². The summed E-state index contributed by atoms with van der Waals surface area (Å²) in [5.41, 5.74) is 0.779. The summed E-state index contributed by atoms with van der Waals surface area (Å²) in [6.07, 6.45) is 5.00. The van der Waals surface area contributed by atoms with Gasteiger partial charge < -0.3 is 22.1 Å². The number of rotatable bonds is 5. The number of ketones is 1. The van der Waals surface area contributed by atoms with Crippen LogP contribution in [0.15, 0.2) is 49.1 Å². The average Bonchev–Trinajstić information content (AvgIpc) is 2.85. The lowest BCUT2D eigenvalue weighted by molar-refractivity contribution is -0.671. The van der Waals surface area contributed by atoms with Crippen LogP contribution < -0.4 is 21.5 Å². The molecule has 0 aliphatic carbocycles. The molecule has 1 N–H and O–H groups in total. The average molecular weight is 339 g/mol. The third kappa shape index (κ3) is 4.02. The second-order valence-corrected chi connectivity index (χ2v) is 4.80. The summed E-state index contributed by atoms with van der Waals surface area (Å²) in [5, 5.41) is 10.1. The molecular weight excluding hydrogens is 320 g/mol. The molecule has 1 aromatic carbocycles. The molecule has 0 saturated heterocycles. The van der Waals surface area contributed by atoms with Crippen LogP contribution in [0.25, 0.3) is 0 Å². The Labute approximate surface area is 129 Å². The highest BCUT2D eigenvalue weighted by Gasteiger charge is 2.22. The number of aryl methyl sites for hydroxylation is 1. The van der Waals surface area contributed by atoms with Crippen molar-refractivity contribution in [1.29, 1.82) is 0 Å². The number of imidazole rings is 1. The number of aliphatic hydroxyl groups excluding tert-OH is 1. The Morgan fingerprint density at radius 1 is 1.35 bits per heavy atom. The Bertz CT molecular complexity index is 554. The molecule has 2 rings (SSSR count). The van der Waals surface area contributed by atoms with Crippen LogP contribution in [0.1, 0.15) is 31.1 Å². The first-order valence-electron chi connectivity index (χ1n) is 6.36. The van der Waals surface area contributed by atoms with Gasteiger partial charge in [0.05, 0.1) is 13.2 Å². The van der Waals surface area contributed by atoms with E-state index in [2.05, 4.69) is 0 Å². The second-order valence-electron chi connectivity index (χ2n) is 4.80. The van der Waals surface area contributed by atoms with E-state index in [1.165, 1.54) is 0 Å². The molecule has 2 atom stereocenters. The molecule has 0 amide bonds. The van der Waals surface area contributed by atoms with Crippen molar-refractivity contribution in [2.24, 2.45) is 7.05 Å². The van der Waals surface area contributed by atoms with Gasteiger partial charge in [-0.3, -0.25) is 4.79 Å². The molecular formula is C15H19BrN2O2. The van der Waals surface area contributed by atoms with Gasteiger partial charge in [-0.15, -0.1) is 0 Å². The predicted molar refractivity (Wildman–Crippen MR) is 71.3 cm³/mol.